The van der Waals surface area contributed by atoms with E-state index >= 15 is 0 Å². The molecule has 1 saturated carbocycles. The molecule has 1 fully saturated rings. The first-order chi connectivity index (χ1) is 15.7. The Kier molecular flexibility index (Phi) is 7.58. The van der Waals surface area contributed by atoms with Crippen molar-refractivity contribution in [2.75, 3.05) is 19.5 Å². The molecule has 6 nitrogen and oxygen atoms in total. The van der Waals surface area contributed by atoms with Gasteiger partial charge in [-0.1, -0.05) is 55.8 Å². The van der Waals surface area contributed by atoms with Crippen LogP contribution in [-0.4, -0.2) is 41.0 Å². The van der Waals surface area contributed by atoms with Crippen molar-refractivity contribution >= 4 is 28.7 Å². The van der Waals surface area contributed by atoms with E-state index in [1.54, 1.807) is 18.9 Å². The lowest BCUT2D eigenvalue weighted by atomic mass is 9.86. The Morgan fingerprint density at radius 3 is 2.69 bits per heavy atom. The van der Waals surface area contributed by atoms with Crippen molar-refractivity contribution in [3.63, 3.8) is 0 Å². The predicted molar refractivity (Wildman–Crippen MR) is 129 cm³/mol. The molecule has 1 aliphatic carbocycles. The molecule has 0 radical (unpaired) electrons. The van der Waals surface area contributed by atoms with Crippen molar-refractivity contribution in [1.29, 1.82) is 0 Å². The zero-order chi connectivity index (χ0) is 22.3. The first-order valence-electron chi connectivity index (χ1n) is 11.3. The lowest BCUT2D eigenvalue weighted by molar-refractivity contribution is -0.123. The number of methoxy groups -OCH3 is 1. The molecule has 4 rings (SSSR count). The van der Waals surface area contributed by atoms with Gasteiger partial charge in [-0.05, 0) is 43.0 Å². The second kappa shape index (κ2) is 10.8. The third kappa shape index (κ3) is 5.38. The number of imidazole rings is 1. The molecule has 1 heterocycles. The molecule has 0 spiro atoms. The molecule has 2 atom stereocenters. The zero-order valence-electron chi connectivity index (χ0n) is 18.8. The number of carbonyl (C=O) groups is 1. The predicted octanol–water partition coefficient (Wildman–Crippen LogP) is 4.91. The summed E-state index contributed by atoms with van der Waals surface area (Å²) in [6.45, 7) is 3.03. The van der Waals surface area contributed by atoms with Crippen molar-refractivity contribution in [3.05, 3.63) is 48.5 Å². The van der Waals surface area contributed by atoms with Crippen LogP contribution in [0.5, 0.6) is 11.5 Å². The van der Waals surface area contributed by atoms with Gasteiger partial charge in [0.1, 0.15) is 6.54 Å². The lowest BCUT2D eigenvalue weighted by Gasteiger charge is -2.29. The highest BCUT2D eigenvalue weighted by Crippen LogP contribution is 2.28. The summed E-state index contributed by atoms with van der Waals surface area (Å²) in [4.78, 5) is 17.7. The average Bonchev–Trinajstić information content (AvgIpc) is 3.15. The number of para-hydroxylation sites is 4. The van der Waals surface area contributed by atoms with Gasteiger partial charge in [-0.25, -0.2) is 4.98 Å². The normalized spacial score (nSPS) is 18.4. The molecule has 1 aliphatic rings. The largest absolute Gasteiger partial charge is 0.493 e. The molecule has 170 valence electrons. The Hall–Kier alpha value is -2.67. The van der Waals surface area contributed by atoms with E-state index < -0.39 is 0 Å². The Labute approximate surface area is 193 Å². The summed E-state index contributed by atoms with van der Waals surface area (Å²) >= 11 is 1.60. The minimum Gasteiger partial charge on any atom is -0.493 e. The third-order valence-corrected chi connectivity index (χ3v) is 6.96. The number of carbonyl (C=O) groups excluding carboxylic acids is 1. The standard InChI is InChI=1S/C25H31N3O3S/c1-18-9-3-4-10-19(18)26-24(29)17-28-21-12-6-5-11-20(21)27-25(28)32-16-15-31-23-14-8-7-13-22(23)30-2/h5-8,11-14,18-19H,3-4,9-10,15-17H2,1-2H3,(H,26,29)/t18-,19-/m1/s1. The van der Waals surface area contributed by atoms with Crippen molar-refractivity contribution in [3.8, 4) is 11.5 Å². The number of hydrogen-bond donors (Lipinski definition) is 1. The van der Waals surface area contributed by atoms with E-state index in [-0.39, 0.29) is 18.5 Å². The maximum atomic E-state index is 12.9. The summed E-state index contributed by atoms with van der Waals surface area (Å²) in [5.41, 5.74) is 1.88. The van der Waals surface area contributed by atoms with Gasteiger partial charge in [0.15, 0.2) is 16.7 Å². The fraction of sp³-hybridized carbons (Fsp3) is 0.440. The Balaban J connectivity index is 1.41. The molecule has 0 aliphatic heterocycles. The Morgan fingerprint density at radius 2 is 1.88 bits per heavy atom. The number of nitrogens with zero attached hydrogens (tertiary/aromatic N) is 2. The second-order valence-electron chi connectivity index (χ2n) is 8.25. The average molecular weight is 454 g/mol. The number of rotatable bonds is 9. The van der Waals surface area contributed by atoms with Crippen LogP contribution in [0.4, 0.5) is 0 Å². The molecular weight excluding hydrogens is 422 g/mol. The van der Waals surface area contributed by atoms with Gasteiger partial charge in [0.2, 0.25) is 5.91 Å². The molecule has 1 N–H and O–H groups in total. The third-order valence-electron chi connectivity index (χ3n) is 6.02. The highest BCUT2D eigenvalue weighted by molar-refractivity contribution is 7.99. The number of fused-ring (bicyclic) bond motifs is 1. The Morgan fingerprint density at radius 1 is 1.12 bits per heavy atom. The topological polar surface area (TPSA) is 65.4 Å². The van der Waals surface area contributed by atoms with Crippen LogP contribution in [0, 0.1) is 5.92 Å². The SMILES string of the molecule is COc1ccccc1OCCSc1nc2ccccc2n1CC(=O)N[C@@H]1CCCC[C@H]1C. The van der Waals surface area contributed by atoms with Crippen molar-refractivity contribution in [2.45, 2.75) is 50.4 Å². The summed E-state index contributed by atoms with van der Waals surface area (Å²) in [5, 5.41) is 4.10. The van der Waals surface area contributed by atoms with Gasteiger partial charge < -0.3 is 19.4 Å². The minimum absolute atomic E-state index is 0.0547. The van der Waals surface area contributed by atoms with Crippen LogP contribution in [-0.2, 0) is 11.3 Å². The number of nitrogens with one attached hydrogen (secondary N) is 1. The number of ether oxygens (including phenoxy) is 2. The zero-order valence-corrected chi connectivity index (χ0v) is 19.6. The molecule has 1 aromatic heterocycles. The lowest BCUT2D eigenvalue weighted by Crippen LogP contribution is -2.42. The summed E-state index contributed by atoms with van der Waals surface area (Å²) in [6, 6.07) is 15.9. The van der Waals surface area contributed by atoms with Crippen molar-refractivity contribution < 1.29 is 14.3 Å². The van der Waals surface area contributed by atoms with E-state index in [2.05, 4.69) is 12.2 Å². The number of thioether (sulfide) groups is 1. The van der Waals surface area contributed by atoms with Gasteiger partial charge in [0.05, 0.1) is 24.8 Å². The van der Waals surface area contributed by atoms with Crippen LogP contribution in [0.1, 0.15) is 32.6 Å². The van der Waals surface area contributed by atoms with Crippen LogP contribution in [0.2, 0.25) is 0 Å². The number of aromatic nitrogens is 2. The van der Waals surface area contributed by atoms with Crippen molar-refractivity contribution in [1.82, 2.24) is 14.9 Å². The van der Waals surface area contributed by atoms with E-state index in [0.29, 0.717) is 18.3 Å². The Bertz CT molecular complexity index is 1050. The number of hydrogen-bond acceptors (Lipinski definition) is 5. The van der Waals surface area contributed by atoms with Gasteiger partial charge in [-0.3, -0.25) is 4.79 Å². The van der Waals surface area contributed by atoms with E-state index in [1.807, 2.05) is 53.1 Å². The fourth-order valence-corrected chi connectivity index (χ4v) is 5.10. The maximum Gasteiger partial charge on any atom is 0.240 e. The van der Waals surface area contributed by atoms with Gasteiger partial charge in [0, 0.05) is 11.8 Å². The molecule has 3 aromatic rings. The summed E-state index contributed by atoms with van der Waals surface area (Å²) < 4.78 is 13.3. The van der Waals surface area contributed by atoms with Crippen molar-refractivity contribution in [2.24, 2.45) is 5.92 Å². The van der Waals surface area contributed by atoms with E-state index in [4.69, 9.17) is 14.5 Å². The first-order valence-corrected chi connectivity index (χ1v) is 12.3. The van der Waals surface area contributed by atoms with E-state index in [1.165, 1.54) is 19.3 Å². The molecule has 7 heteroatoms. The van der Waals surface area contributed by atoms with Gasteiger partial charge >= 0.3 is 0 Å². The highest BCUT2D eigenvalue weighted by atomic mass is 32.2. The first kappa shape index (κ1) is 22.5. The maximum absolute atomic E-state index is 12.9. The van der Waals surface area contributed by atoms with E-state index in [0.717, 1.165) is 34.1 Å². The van der Waals surface area contributed by atoms with Crippen LogP contribution >= 0.6 is 11.8 Å². The van der Waals surface area contributed by atoms with E-state index in [9.17, 15) is 4.79 Å². The molecule has 0 unspecified atom stereocenters. The monoisotopic (exact) mass is 453 g/mol. The summed E-state index contributed by atoms with van der Waals surface area (Å²) in [6.07, 6.45) is 4.71. The molecule has 32 heavy (non-hydrogen) atoms. The quantitative estimate of drug-likeness (QED) is 0.368. The molecule has 1 amide bonds. The summed E-state index contributed by atoms with van der Waals surface area (Å²) in [5.74, 6) is 2.75. The highest BCUT2D eigenvalue weighted by Gasteiger charge is 2.23. The molecule has 0 saturated heterocycles. The number of benzene rings is 2. The summed E-state index contributed by atoms with van der Waals surface area (Å²) in [7, 11) is 1.64. The van der Waals surface area contributed by atoms with Crippen LogP contribution in [0.25, 0.3) is 11.0 Å². The van der Waals surface area contributed by atoms with Crippen LogP contribution < -0.4 is 14.8 Å². The molecular formula is C25H31N3O3S. The van der Waals surface area contributed by atoms with Gasteiger partial charge in [-0.2, -0.15) is 0 Å². The number of amides is 1. The van der Waals surface area contributed by atoms with Crippen LogP contribution in [0.3, 0.4) is 0 Å². The van der Waals surface area contributed by atoms with Gasteiger partial charge in [-0.15, -0.1) is 0 Å². The second-order valence-corrected chi connectivity index (χ2v) is 9.31. The smallest absolute Gasteiger partial charge is 0.240 e. The fourth-order valence-electron chi connectivity index (χ4n) is 4.27. The van der Waals surface area contributed by atoms with Crippen LogP contribution in [0.15, 0.2) is 53.7 Å². The van der Waals surface area contributed by atoms with Gasteiger partial charge in [0.25, 0.3) is 0 Å². The molecule has 0 bridgehead atoms. The molecule has 2 aromatic carbocycles. The minimum atomic E-state index is 0.0547.